The average molecular weight is 303 g/mol. The van der Waals surface area contributed by atoms with Crippen molar-refractivity contribution in [3.05, 3.63) is 53.0 Å². The van der Waals surface area contributed by atoms with Gasteiger partial charge in [-0.25, -0.2) is 9.07 Å². The summed E-state index contributed by atoms with van der Waals surface area (Å²) in [5.41, 5.74) is 13.9. The summed E-state index contributed by atoms with van der Waals surface area (Å²) in [6, 6.07) is 6.64. The maximum atomic E-state index is 13.8. The Labute approximate surface area is 129 Å². The lowest BCUT2D eigenvalue weighted by Crippen LogP contribution is -2.22. The fraction of sp³-hybridized carbons (Fsp3) is 0.312. The third-order valence-electron chi connectivity index (χ3n) is 3.33. The molecule has 118 valence electrons. The molecule has 0 unspecified atom stereocenters. The number of allylic oxidation sites excluding steroid dienone is 1. The number of nitrogens with zero attached hydrogens (tertiary/aromatic N) is 2. The smallest absolute Gasteiger partial charge is 0.129 e. The highest BCUT2D eigenvalue weighted by atomic mass is 19.1. The Hall–Kier alpha value is -2.18. The molecule has 0 saturated heterocycles. The van der Waals surface area contributed by atoms with E-state index in [0.29, 0.717) is 37.6 Å². The molecular formula is C16H22FN5. The highest BCUT2D eigenvalue weighted by molar-refractivity contribution is 5.64. The second-order valence-corrected chi connectivity index (χ2v) is 4.96. The topological polar surface area (TPSA) is 81.9 Å². The van der Waals surface area contributed by atoms with Crippen LogP contribution in [0, 0.1) is 5.82 Å². The molecule has 0 radical (unpaired) electrons. The lowest BCUT2D eigenvalue weighted by Gasteiger charge is -2.05. The fourth-order valence-electron chi connectivity index (χ4n) is 2.24. The molecule has 0 aliphatic carbocycles. The zero-order valence-corrected chi connectivity index (χ0v) is 12.7. The number of nitrogens with one attached hydrogen (secondary N) is 1. The zero-order valence-electron chi connectivity index (χ0n) is 12.7. The number of aromatic nitrogens is 2. The molecule has 22 heavy (non-hydrogen) atoms. The van der Waals surface area contributed by atoms with E-state index in [1.807, 2.05) is 19.1 Å². The van der Waals surface area contributed by atoms with E-state index >= 15 is 0 Å². The number of hydrogen-bond acceptors (Lipinski definition) is 4. The molecule has 0 spiro atoms. The SMILES string of the molecule is C/C=C\c1c(CNCCN)nn(Cc2ccccc2F)c1N. The van der Waals surface area contributed by atoms with Crippen molar-refractivity contribution in [2.75, 3.05) is 18.8 Å². The summed E-state index contributed by atoms with van der Waals surface area (Å²) in [6.45, 7) is 4.07. The van der Waals surface area contributed by atoms with Crippen LogP contribution < -0.4 is 16.8 Å². The molecule has 0 fully saturated rings. The van der Waals surface area contributed by atoms with E-state index in [1.54, 1.807) is 22.9 Å². The molecule has 6 heteroatoms. The Kier molecular flexibility index (Phi) is 5.68. The molecule has 0 amide bonds. The van der Waals surface area contributed by atoms with Crippen molar-refractivity contribution in [3.8, 4) is 0 Å². The summed E-state index contributed by atoms with van der Waals surface area (Å²) in [5, 5.41) is 7.71. The van der Waals surface area contributed by atoms with Gasteiger partial charge in [0.2, 0.25) is 0 Å². The molecule has 0 atom stereocenters. The molecule has 2 rings (SSSR count). The Bertz CT molecular complexity index is 648. The van der Waals surface area contributed by atoms with Crippen LogP contribution in [0.2, 0.25) is 0 Å². The highest BCUT2D eigenvalue weighted by Gasteiger charge is 2.14. The Morgan fingerprint density at radius 3 is 2.82 bits per heavy atom. The van der Waals surface area contributed by atoms with Gasteiger partial charge in [0, 0.05) is 30.8 Å². The van der Waals surface area contributed by atoms with Gasteiger partial charge < -0.3 is 16.8 Å². The number of rotatable bonds is 7. The van der Waals surface area contributed by atoms with Gasteiger partial charge in [-0.3, -0.25) is 0 Å². The monoisotopic (exact) mass is 303 g/mol. The maximum absolute atomic E-state index is 13.8. The van der Waals surface area contributed by atoms with Crippen LogP contribution in [0.25, 0.3) is 6.08 Å². The summed E-state index contributed by atoms with van der Waals surface area (Å²) in [5.74, 6) is 0.277. The number of hydrogen-bond donors (Lipinski definition) is 3. The van der Waals surface area contributed by atoms with Gasteiger partial charge in [-0.1, -0.05) is 30.4 Å². The number of anilines is 1. The van der Waals surface area contributed by atoms with Crippen molar-refractivity contribution in [2.24, 2.45) is 5.73 Å². The standard InChI is InChI=1S/C16H22FN5/c1-2-5-13-15(10-20-9-8-18)21-22(16(13)19)11-12-6-3-4-7-14(12)17/h2-7,20H,8-11,18-19H2,1H3/b5-2-. The lowest BCUT2D eigenvalue weighted by atomic mass is 10.2. The van der Waals surface area contributed by atoms with Crippen LogP contribution in [0.3, 0.4) is 0 Å². The minimum atomic E-state index is -0.257. The van der Waals surface area contributed by atoms with Crippen molar-refractivity contribution in [1.29, 1.82) is 0 Å². The van der Waals surface area contributed by atoms with Crippen LogP contribution >= 0.6 is 0 Å². The molecule has 1 heterocycles. The van der Waals surface area contributed by atoms with E-state index in [-0.39, 0.29) is 5.82 Å². The van der Waals surface area contributed by atoms with Crippen molar-refractivity contribution < 1.29 is 4.39 Å². The normalized spacial score (nSPS) is 11.4. The molecule has 5 N–H and O–H groups in total. The molecule has 1 aromatic carbocycles. The van der Waals surface area contributed by atoms with Crippen LogP contribution in [-0.4, -0.2) is 22.9 Å². The quantitative estimate of drug-likeness (QED) is 0.680. The first-order valence-corrected chi connectivity index (χ1v) is 7.29. The fourth-order valence-corrected chi connectivity index (χ4v) is 2.24. The van der Waals surface area contributed by atoms with Crippen LogP contribution in [0.5, 0.6) is 0 Å². The van der Waals surface area contributed by atoms with E-state index in [0.717, 1.165) is 11.3 Å². The minimum absolute atomic E-state index is 0.257. The highest BCUT2D eigenvalue weighted by Crippen LogP contribution is 2.21. The van der Waals surface area contributed by atoms with E-state index in [9.17, 15) is 4.39 Å². The number of nitrogens with two attached hydrogens (primary N) is 2. The van der Waals surface area contributed by atoms with Gasteiger partial charge in [0.15, 0.2) is 0 Å². The molecule has 0 bridgehead atoms. The van der Waals surface area contributed by atoms with E-state index in [4.69, 9.17) is 11.5 Å². The second kappa shape index (κ2) is 7.72. The third-order valence-corrected chi connectivity index (χ3v) is 3.33. The second-order valence-electron chi connectivity index (χ2n) is 4.96. The van der Waals surface area contributed by atoms with Crippen LogP contribution in [0.4, 0.5) is 10.2 Å². The minimum Gasteiger partial charge on any atom is -0.383 e. The predicted molar refractivity (Wildman–Crippen MR) is 87.6 cm³/mol. The van der Waals surface area contributed by atoms with E-state index in [2.05, 4.69) is 10.4 Å². The summed E-state index contributed by atoms with van der Waals surface area (Å²) in [4.78, 5) is 0. The van der Waals surface area contributed by atoms with Crippen molar-refractivity contribution in [2.45, 2.75) is 20.0 Å². The molecular weight excluding hydrogens is 281 g/mol. The molecule has 1 aromatic heterocycles. The average Bonchev–Trinajstić information content (AvgIpc) is 2.79. The number of halogens is 1. The van der Waals surface area contributed by atoms with Gasteiger partial charge in [0.25, 0.3) is 0 Å². The molecule has 2 aromatic rings. The zero-order chi connectivity index (χ0) is 15.9. The molecule has 5 nitrogen and oxygen atoms in total. The Morgan fingerprint density at radius 1 is 1.36 bits per heavy atom. The number of benzene rings is 1. The van der Waals surface area contributed by atoms with Crippen molar-refractivity contribution in [1.82, 2.24) is 15.1 Å². The molecule has 0 aliphatic rings. The van der Waals surface area contributed by atoms with Gasteiger partial charge in [-0.05, 0) is 13.0 Å². The Morgan fingerprint density at radius 2 is 2.14 bits per heavy atom. The van der Waals surface area contributed by atoms with Crippen LogP contribution in [0.1, 0.15) is 23.7 Å². The van der Waals surface area contributed by atoms with Gasteiger partial charge in [0.05, 0.1) is 12.2 Å². The first-order valence-electron chi connectivity index (χ1n) is 7.29. The molecule has 0 saturated carbocycles. The summed E-state index contributed by atoms with van der Waals surface area (Å²) < 4.78 is 15.4. The summed E-state index contributed by atoms with van der Waals surface area (Å²) >= 11 is 0. The lowest BCUT2D eigenvalue weighted by molar-refractivity contribution is 0.582. The molecule has 0 aliphatic heterocycles. The Balaban J connectivity index is 2.28. The predicted octanol–water partition coefficient (Wildman–Crippen LogP) is 1.73. The van der Waals surface area contributed by atoms with E-state index < -0.39 is 0 Å². The summed E-state index contributed by atoms with van der Waals surface area (Å²) in [6.07, 6.45) is 3.83. The first kappa shape index (κ1) is 16.2. The van der Waals surface area contributed by atoms with Gasteiger partial charge >= 0.3 is 0 Å². The first-order chi connectivity index (χ1) is 10.7. The van der Waals surface area contributed by atoms with Gasteiger partial charge in [-0.15, -0.1) is 0 Å². The van der Waals surface area contributed by atoms with Crippen molar-refractivity contribution >= 4 is 11.9 Å². The van der Waals surface area contributed by atoms with Gasteiger partial charge in [-0.2, -0.15) is 5.10 Å². The largest absolute Gasteiger partial charge is 0.383 e. The van der Waals surface area contributed by atoms with Crippen molar-refractivity contribution in [3.63, 3.8) is 0 Å². The van der Waals surface area contributed by atoms with E-state index in [1.165, 1.54) is 6.07 Å². The van der Waals surface area contributed by atoms with Gasteiger partial charge in [0.1, 0.15) is 11.6 Å². The van der Waals surface area contributed by atoms with Crippen LogP contribution in [-0.2, 0) is 13.1 Å². The maximum Gasteiger partial charge on any atom is 0.129 e. The summed E-state index contributed by atoms with van der Waals surface area (Å²) in [7, 11) is 0. The number of nitrogen functional groups attached to an aromatic ring is 1. The van der Waals surface area contributed by atoms with Crippen LogP contribution in [0.15, 0.2) is 30.3 Å². The third kappa shape index (κ3) is 3.72.